The minimum atomic E-state index is -3.72. The molecule has 2 fully saturated rings. The van der Waals surface area contributed by atoms with Crippen LogP contribution in [-0.2, 0) is 19.5 Å². The number of anilines is 1. The van der Waals surface area contributed by atoms with Crippen molar-refractivity contribution < 1.29 is 27.4 Å². The summed E-state index contributed by atoms with van der Waals surface area (Å²) < 4.78 is 44.6. The minimum absolute atomic E-state index is 0.0547. The molecule has 2 aliphatic heterocycles. The predicted molar refractivity (Wildman–Crippen MR) is 124 cm³/mol. The summed E-state index contributed by atoms with van der Waals surface area (Å²) in [5.74, 6) is 0.159. The van der Waals surface area contributed by atoms with E-state index in [0.717, 1.165) is 25.0 Å². The third kappa shape index (κ3) is 5.55. The van der Waals surface area contributed by atoms with E-state index in [0.29, 0.717) is 49.9 Å². The average Bonchev–Trinajstić information content (AvgIpc) is 3.33. The zero-order valence-electron chi connectivity index (χ0n) is 19.0. The van der Waals surface area contributed by atoms with Gasteiger partial charge in [-0.05, 0) is 62.1 Å². The Hall–Kier alpha value is -2.46. The lowest BCUT2D eigenvalue weighted by atomic mass is 10.1. The molecule has 1 atom stereocenters. The van der Waals surface area contributed by atoms with E-state index in [1.807, 2.05) is 19.1 Å². The molecule has 2 aromatic carbocycles. The summed E-state index contributed by atoms with van der Waals surface area (Å²) in [6.45, 7) is 6.16. The number of rotatable bonds is 7. The van der Waals surface area contributed by atoms with E-state index in [1.54, 1.807) is 25.1 Å². The molecule has 2 saturated heterocycles. The van der Waals surface area contributed by atoms with E-state index in [2.05, 4.69) is 5.32 Å². The summed E-state index contributed by atoms with van der Waals surface area (Å²) in [5, 5.41) is 2.87. The van der Waals surface area contributed by atoms with Crippen LogP contribution in [0.2, 0.25) is 0 Å². The van der Waals surface area contributed by atoms with Gasteiger partial charge in [0, 0.05) is 25.3 Å². The summed E-state index contributed by atoms with van der Waals surface area (Å²) in [6.07, 6.45) is 2.03. The van der Waals surface area contributed by atoms with Gasteiger partial charge in [0.1, 0.15) is 12.4 Å². The Labute approximate surface area is 194 Å². The van der Waals surface area contributed by atoms with Gasteiger partial charge in [-0.3, -0.25) is 4.79 Å². The molecule has 0 aromatic heterocycles. The van der Waals surface area contributed by atoms with E-state index in [9.17, 15) is 13.2 Å². The van der Waals surface area contributed by atoms with Gasteiger partial charge in [0.25, 0.3) is 5.91 Å². The van der Waals surface area contributed by atoms with Crippen LogP contribution < -0.4 is 10.1 Å². The molecule has 0 spiro atoms. The molecule has 1 N–H and O–H groups in total. The predicted octanol–water partition coefficient (Wildman–Crippen LogP) is 3.13. The van der Waals surface area contributed by atoms with Crippen LogP contribution in [0.5, 0.6) is 5.75 Å². The first-order valence-corrected chi connectivity index (χ1v) is 12.6. The molecule has 8 nitrogen and oxygen atoms in total. The minimum Gasteiger partial charge on any atom is -0.489 e. The van der Waals surface area contributed by atoms with Crippen molar-refractivity contribution >= 4 is 21.6 Å². The first kappa shape index (κ1) is 23.7. The molecular formula is C24H30N2O6S. The number of amides is 1. The van der Waals surface area contributed by atoms with Crippen molar-refractivity contribution in [3.63, 3.8) is 0 Å². The molecule has 9 heteroatoms. The third-order valence-corrected chi connectivity index (χ3v) is 7.91. The van der Waals surface area contributed by atoms with Crippen molar-refractivity contribution in [3.05, 3.63) is 53.1 Å². The van der Waals surface area contributed by atoms with Crippen LogP contribution in [0.15, 0.2) is 41.3 Å². The van der Waals surface area contributed by atoms with Gasteiger partial charge in [-0.1, -0.05) is 12.1 Å². The number of morpholine rings is 1. The van der Waals surface area contributed by atoms with E-state index in [-0.39, 0.29) is 16.6 Å². The molecule has 4 rings (SSSR count). The molecule has 33 heavy (non-hydrogen) atoms. The van der Waals surface area contributed by atoms with Crippen LogP contribution >= 0.6 is 0 Å². The molecule has 0 radical (unpaired) electrons. The van der Waals surface area contributed by atoms with Crippen LogP contribution in [-0.4, -0.2) is 64.3 Å². The van der Waals surface area contributed by atoms with Gasteiger partial charge in [-0.15, -0.1) is 0 Å². The van der Waals surface area contributed by atoms with E-state index in [1.165, 1.54) is 10.4 Å². The van der Waals surface area contributed by atoms with Gasteiger partial charge in [0.15, 0.2) is 0 Å². The van der Waals surface area contributed by atoms with Gasteiger partial charge in [0.2, 0.25) is 10.0 Å². The standard InChI is InChI=1S/C24H30N2O6S/c1-17-5-8-21(22(14-17)32-16-20-4-3-11-31-20)25-24(27)19-7-6-18(2)23(15-19)33(28,29)26-9-12-30-13-10-26/h5-8,14-15,20H,3-4,9-13,16H2,1-2H3,(H,25,27). The van der Waals surface area contributed by atoms with Gasteiger partial charge < -0.3 is 19.5 Å². The molecule has 2 heterocycles. The summed E-state index contributed by atoms with van der Waals surface area (Å²) in [6, 6.07) is 10.3. The van der Waals surface area contributed by atoms with Crippen LogP contribution in [0, 0.1) is 13.8 Å². The summed E-state index contributed by atoms with van der Waals surface area (Å²) in [5.41, 5.74) is 2.39. The van der Waals surface area contributed by atoms with Crippen molar-refractivity contribution in [2.24, 2.45) is 0 Å². The van der Waals surface area contributed by atoms with E-state index >= 15 is 0 Å². The number of carbonyl (C=O) groups is 1. The molecule has 0 aliphatic carbocycles. The zero-order valence-corrected chi connectivity index (χ0v) is 19.8. The second-order valence-electron chi connectivity index (χ2n) is 8.40. The number of nitrogens with one attached hydrogen (secondary N) is 1. The molecule has 2 aromatic rings. The highest BCUT2D eigenvalue weighted by molar-refractivity contribution is 7.89. The van der Waals surface area contributed by atoms with Crippen molar-refractivity contribution in [1.29, 1.82) is 0 Å². The van der Waals surface area contributed by atoms with Crippen molar-refractivity contribution in [1.82, 2.24) is 4.31 Å². The number of nitrogens with zero attached hydrogens (tertiary/aromatic N) is 1. The molecule has 1 unspecified atom stereocenters. The number of sulfonamides is 1. The smallest absolute Gasteiger partial charge is 0.255 e. The lowest BCUT2D eigenvalue weighted by Gasteiger charge is -2.26. The van der Waals surface area contributed by atoms with E-state index < -0.39 is 15.9 Å². The maximum absolute atomic E-state index is 13.2. The van der Waals surface area contributed by atoms with Crippen molar-refractivity contribution in [2.45, 2.75) is 37.7 Å². The monoisotopic (exact) mass is 474 g/mol. The lowest BCUT2D eigenvalue weighted by Crippen LogP contribution is -2.40. The lowest BCUT2D eigenvalue weighted by molar-refractivity contribution is 0.0681. The summed E-state index contributed by atoms with van der Waals surface area (Å²) >= 11 is 0. The number of ether oxygens (including phenoxy) is 3. The number of hydrogen-bond acceptors (Lipinski definition) is 6. The maximum Gasteiger partial charge on any atom is 0.255 e. The van der Waals surface area contributed by atoms with Crippen molar-refractivity contribution in [3.8, 4) is 5.75 Å². The fourth-order valence-electron chi connectivity index (χ4n) is 3.95. The summed E-state index contributed by atoms with van der Waals surface area (Å²) in [4.78, 5) is 13.2. The van der Waals surface area contributed by atoms with Crippen molar-refractivity contribution in [2.75, 3.05) is 44.8 Å². The largest absolute Gasteiger partial charge is 0.489 e. The second kappa shape index (κ2) is 10.2. The molecule has 0 saturated carbocycles. The molecule has 1 amide bonds. The highest BCUT2D eigenvalue weighted by atomic mass is 32.2. The van der Waals surface area contributed by atoms with Crippen LogP contribution in [0.25, 0.3) is 0 Å². The highest BCUT2D eigenvalue weighted by Gasteiger charge is 2.28. The molecule has 178 valence electrons. The number of carbonyl (C=O) groups excluding carboxylic acids is 1. The number of hydrogen-bond donors (Lipinski definition) is 1. The Morgan fingerprint density at radius 1 is 1.12 bits per heavy atom. The Morgan fingerprint density at radius 3 is 2.64 bits per heavy atom. The maximum atomic E-state index is 13.2. The molecule has 0 bridgehead atoms. The molecule has 2 aliphatic rings. The fourth-order valence-corrected chi connectivity index (χ4v) is 5.61. The van der Waals surface area contributed by atoms with E-state index in [4.69, 9.17) is 14.2 Å². The van der Waals surface area contributed by atoms with Crippen LogP contribution in [0.3, 0.4) is 0 Å². The number of benzene rings is 2. The Morgan fingerprint density at radius 2 is 1.91 bits per heavy atom. The zero-order chi connectivity index (χ0) is 23.4. The quantitative estimate of drug-likeness (QED) is 0.663. The van der Waals surface area contributed by atoms with Gasteiger partial charge in [-0.25, -0.2) is 8.42 Å². The fraction of sp³-hybridized carbons (Fsp3) is 0.458. The Bertz CT molecular complexity index is 1110. The number of aryl methyl sites for hydroxylation is 2. The van der Waals surface area contributed by atoms with Crippen LogP contribution in [0.1, 0.15) is 34.3 Å². The first-order chi connectivity index (χ1) is 15.8. The third-order valence-electron chi connectivity index (χ3n) is 5.87. The Kier molecular flexibility index (Phi) is 7.33. The second-order valence-corrected chi connectivity index (χ2v) is 10.3. The molecular weight excluding hydrogens is 444 g/mol. The Balaban J connectivity index is 1.53. The summed E-state index contributed by atoms with van der Waals surface area (Å²) in [7, 11) is -3.72. The first-order valence-electron chi connectivity index (χ1n) is 11.2. The van der Waals surface area contributed by atoms with Crippen LogP contribution in [0.4, 0.5) is 5.69 Å². The SMILES string of the molecule is Cc1ccc(NC(=O)c2ccc(C)c(S(=O)(=O)N3CCOCC3)c2)c(OCC2CCCO2)c1. The van der Waals surface area contributed by atoms with Gasteiger partial charge in [-0.2, -0.15) is 4.31 Å². The average molecular weight is 475 g/mol. The highest BCUT2D eigenvalue weighted by Crippen LogP contribution is 2.28. The van der Waals surface area contributed by atoms with Gasteiger partial charge >= 0.3 is 0 Å². The normalized spacial score (nSPS) is 19.4. The topological polar surface area (TPSA) is 94.2 Å². The van der Waals surface area contributed by atoms with Gasteiger partial charge in [0.05, 0.1) is 29.9 Å².